The topological polar surface area (TPSA) is 49.2 Å². The van der Waals surface area contributed by atoms with Gasteiger partial charge >= 0.3 is 0 Å². The Morgan fingerprint density at radius 3 is 2.83 bits per heavy atom. The lowest BCUT2D eigenvalue weighted by molar-refractivity contribution is 0.301. The highest BCUT2D eigenvalue weighted by molar-refractivity contribution is 5.91. The first-order valence-corrected chi connectivity index (χ1v) is 6.43. The van der Waals surface area contributed by atoms with Crippen LogP contribution >= 0.6 is 0 Å². The van der Waals surface area contributed by atoms with Gasteiger partial charge in [0.15, 0.2) is 5.82 Å². The summed E-state index contributed by atoms with van der Waals surface area (Å²) < 4.78 is 0. The van der Waals surface area contributed by atoms with Crippen molar-refractivity contribution in [2.45, 2.75) is 19.8 Å². The fourth-order valence-electron chi connectivity index (χ4n) is 2.04. The van der Waals surface area contributed by atoms with Gasteiger partial charge < -0.3 is 10.0 Å². The summed E-state index contributed by atoms with van der Waals surface area (Å²) in [7, 11) is 0. The summed E-state index contributed by atoms with van der Waals surface area (Å²) in [5.41, 5.74) is 0. The summed E-state index contributed by atoms with van der Waals surface area (Å²) in [6.45, 7) is 3.79. The van der Waals surface area contributed by atoms with Crippen LogP contribution in [0.3, 0.4) is 0 Å². The van der Waals surface area contributed by atoms with Crippen LogP contribution in [0, 0.1) is 0 Å². The molecule has 1 N–H and O–H groups in total. The van der Waals surface area contributed by atoms with Crippen molar-refractivity contribution in [1.82, 2.24) is 10.2 Å². The summed E-state index contributed by atoms with van der Waals surface area (Å²) in [4.78, 5) is 2.11. The Labute approximate surface area is 107 Å². The molecule has 0 radical (unpaired) electrons. The SMILES string of the molecule is CCCCN(CCO)c1nncc2ccccc12. The zero-order valence-electron chi connectivity index (χ0n) is 10.7. The molecule has 0 saturated heterocycles. The smallest absolute Gasteiger partial charge is 0.159 e. The third-order valence-corrected chi connectivity index (χ3v) is 3.00. The molecule has 0 aliphatic rings. The van der Waals surface area contributed by atoms with Gasteiger partial charge in [0.25, 0.3) is 0 Å². The second-order valence-corrected chi connectivity index (χ2v) is 4.32. The third-order valence-electron chi connectivity index (χ3n) is 3.00. The summed E-state index contributed by atoms with van der Waals surface area (Å²) in [5, 5.41) is 19.7. The van der Waals surface area contributed by atoms with E-state index >= 15 is 0 Å². The number of aliphatic hydroxyl groups excluding tert-OH is 1. The zero-order chi connectivity index (χ0) is 12.8. The van der Waals surface area contributed by atoms with Gasteiger partial charge in [0.05, 0.1) is 12.8 Å². The first-order chi connectivity index (χ1) is 8.86. The Hall–Kier alpha value is -1.68. The van der Waals surface area contributed by atoms with Crippen molar-refractivity contribution >= 4 is 16.6 Å². The van der Waals surface area contributed by atoms with E-state index in [2.05, 4.69) is 28.1 Å². The van der Waals surface area contributed by atoms with E-state index in [1.165, 1.54) is 0 Å². The van der Waals surface area contributed by atoms with Crippen LogP contribution in [-0.4, -0.2) is 35.0 Å². The quantitative estimate of drug-likeness (QED) is 0.848. The molecule has 1 aromatic heterocycles. The Kier molecular flexibility index (Phi) is 4.47. The molecule has 4 heteroatoms. The van der Waals surface area contributed by atoms with Gasteiger partial charge in [-0.05, 0) is 6.42 Å². The molecule has 2 aromatic rings. The van der Waals surface area contributed by atoms with Gasteiger partial charge in [-0.25, -0.2) is 0 Å². The summed E-state index contributed by atoms with van der Waals surface area (Å²) >= 11 is 0. The molecule has 4 nitrogen and oxygen atoms in total. The molecule has 2 rings (SSSR count). The molecule has 0 amide bonds. The van der Waals surface area contributed by atoms with E-state index in [0.717, 1.165) is 36.0 Å². The minimum atomic E-state index is 0.134. The minimum Gasteiger partial charge on any atom is -0.395 e. The number of aliphatic hydroxyl groups is 1. The van der Waals surface area contributed by atoms with E-state index in [4.69, 9.17) is 0 Å². The van der Waals surface area contributed by atoms with E-state index in [-0.39, 0.29) is 6.61 Å². The number of rotatable bonds is 6. The Morgan fingerprint density at radius 1 is 1.22 bits per heavy atom. The number of fused-ring (bicyclic) bond motifs is 1. The number of hydrogen-bond donors (Lipinski definition) is 1. The molecule has 0 aliphatic heterocycles. The van der Waals surface area contributed by atoms with Crippen molar-refractivity contribution in [3.63, 3.8) is 0 Å². The number of benzene rings is 1. The lowest BCUT2D eigenvalue weighted by Gasteiger charge is -2.23. The lowest BCUT2D eigenvalue weighted by Crippen LogP contribution is -2.29. The number of unbranched alkanes of at least 4 members (excludes halogenated alkanes) is 1. The van der Waals surface area contributed by atoms with Crippen LogP contribution < -0.4 is 4.90 Å². The van der Waals surface area contributed by atoms with Crippen LogP contribution in [0.1, 0.15) is 19.8 Å². The van der Waals surface area contributed by atoms with Gasteiger partial charge in [-0.15, -0.1) is 5.10 Å². The third kappa shape index (κ3) is 2.76. The molecule has 1 aromatic carbocycles. The van der Waals surface area contributed by atoms with E-state index < -0.39 is 0 Å². The highest BCUT2D eigenvalue weighted by Gasteiger charge is 2.11. The van der Waals surface area contributed by atoms with Crippen molar-refractivity contribution in [2.24, 2.45) is 0 Å². The Balaban J connectivity index is 2.36. The Morgan fingerprint density at radius 2 is 2.06 bits per heavy atom. The molecule has 0 spiro atoms. The number of anilines is 1. The first kappa shape index (κ1) is 12.8. The van der Waals surface area contributed by atoms with Gasteiger partial charge in [0, 0.05) is 23.9 Å². The Bertz CT molecular complexity index is 496. The maximum Gasteiger partial charge on any atom is 0.159 e. The van der Waals surface area contributed by atoms with Crippen LogP contribution in [0.15, 0.2) is 30.5 Å². The molecule has 1 heterocycles. The molecule has 0 fully saturated rings. The predicted molar refractivity (Wildman–Crippen MR) is 73.7 cm³/mol. The van der Waals surface area contributed by atoms with Crippen LogP contribution in [0.25, 0.3) is 10.8 Å². The molecular formula is C14H19N3O. The van der Waals surface area contributed by atoms with Crippen molar-refractivity contribution in [2.75, 3.05) is 24.6 Å². The van der Waals surface area contributed by atoms with Crippen LogP contribution in [0.5, 0.6) is 0 Å². The molecule has 18 heavy (non-hydrogen) atoms. The predicted octanol–water partition coefficient (Wildman–Crippen LogP) is 2.23. The highest BCUT2D eigenvalue weighted by Crippen LogP contribution is 2.23. The summed E-state index contributed by atoms with van der Waals surface area (Å²) in [6, 6.07) is 8.08. The van der Waals surface area contributed by atoms with Gasteiger partial charge in [0.1, 0.15) is 0 Å². The fraction of sp³-hybridized carbons (Fsp3) is 0.429. The molecule has 0 bridgehead atoms. The van der Waals surface area contributed by atoms with Crippen LogP contribution in [0.2, 0.25) is 0 Å². The molecule has 96 valence electrons. The van der Waals surface area contributed by atoms with Crippen molar-refractivity contribution in [1.29, 1.82) is 0 Å². The monoisotopic (exact) mass is 245 g/mol. The number of nitrogens with zero attached hydrogens (tertiary/aromatic N) is 3. The van der Waals surface area contributed by atoms with Crippen molar-refractivity contribution < 1.29 is 5.11 Å². The highest BCUT2D eigenvalue weighted by atomic mass is 16.3. The summed E-state index contributed by atoms with van der Waals surface area (Å²) in [5.74, 6) is 0.871. The van der Waals surface area contributed by atoms with Crippen molar-refractivity contribution in [3.05, 3.63) is 30.5 Å². The van der Waals surface area contributed by atoms with E-state index in [1.54, 1.807) is 6.20 Å². The van der Waals surface area contributed by atoms with Gasteiger partial charge in [0.2, 0.25) is 0 Å². The second kappa shape index (κ2) is 6.31. The number of aromatic nitrogens is 2. The standard InChI is InChI=1S/C14H19N3O/c1-2-3-8-17(9-10-18)14-13-7-5-4-6-12(13)11-15-16-14/h4-7,11,18H,2-3,8-10H2,1H3. The fourth-order valence-corrected chi connectivity index (χ4v) is 2.04. The molecule has 0 atom stereocenters. The van der Waals surface area contributed by atoms with Crippen molar-refractivity contribution in [3.8, 4) is 0 Å². The number of hydrogen-bond acceptors (Lipinski definition) is 4. The van der Waals surface area contributed by atoms with E-state index in [9.17, 15) is 5.11 Å². The minimum absolute atomic E-state index is 0.134. The largest absolute Gasteiger partial charge is 0.395 e. The second-order valence-electron chi connectivity index (χ2n) is 4.32. The van der Waals surface area contributed by atoms with Gasteiger partial charge in [-0.2, -0.15) is 5.10 Å². The van der Waals surface area contributed by atoms with E-state index in [1.807, 2.05) is 18.2 Å². The zero-order valence-corrected chi connectivity index (χ0v) is 10.7. The maximum atomic E-state index is 9.18. The molecule has 0 aliphatic carbocycles. The van der Waals surface area contributed by atoms with Crippen LogP contribution in [-0.2, 0) is 0 Å². The molecule has 0 unspecified atom stereocenters. The van der Waals surface area contributed by atoms with E-state index in [0.29, 0.717) is 6.54 Å². The van der Waals surface area contributed by atoms with Crippen LogP contribution in [0.4, 0.5) is 5.82 Å². The first-order valence-electron chi connectivity index (χ1n) is 6.43. The summed E-state index contributed by atoms with van der Waals surface area (Å²) in [6.07, 6.45) is 3.99. The lowest BCUT2D eigenvalue weighted by atomic mass is 10.2. The average molecular weight is 245 g/mol. The van der Waals surface area contributed by atoms with Gasteiger partial charge in [-0.1, -0.05) is 37.6 Å². The van der Waals surface area contributed by atoms with Gasteiger partial charge in [-0.3, -0.25) is 0 Å². The molecular weight excluding hydrogens is 226 g/mol. The average Bonchev–Trinajstić information content (AvgIpc) is 2.43. The maximum absolute atomic E-state index is 9.18. The normalized spacial score (nSPS) is 10.8. The molecule has 0 saturated carbocycles.